The average molecular weight is 369 g/mol. The quantitative estimate of drug-likeness (QED) is 0.335. The molecule has 0 spiro atoms. The fraction of sp³-hybridized carbons (Fsp3) is 0.917. The molecule has 3 N–H and O–H groups in total. The summed E-state index contributed by atoms with van der Waals surface area (Å²) in [5, 5.41) is 3.33. The molecular formula is C12H24IN3O2. The van der Waals surface area contributed by atoms with Crippen LogP contribution in [-0.2, 0) is 9.47 Å². The van der Waals surface area contributed by atoms with Crippen molar-refractivity contribution in [2.75, 3.05) is 26.9 Å². The van der Waals surface area contributed by atoms with Gasteiger partial charge in [0.25, 0.3) is 0 Å². The van der Waals surface area contributed by atoms with E-state index in [4.69, 9.17) is 15.2 Å². The number of guanidine groups is 1. The highest BCUT2D eigenvalue weighted by molar-refractivity contribution is 14.0. The highest BCUT2D eigenvalue weighted by Gasteiger charge is 2.59. The van der Waals surface area contributed by atoms with E-state index in [1.807, 2.05) is 0 Å². The van der Waals surface area contributed by atoms with E-state index >= 15 is 0 Å². The van der Waals surface area contributed by atoms with Gasteiger partial charge < -0.3 is 20.5 Å². The third-order valence-corrected chi connectivity index (χ3v) is 3.98. The van der Waals surface area contributed by atoms with Crippen LogP contribution in [0.2, 0.25) is 0 Å². The highest BCUT2D eigenvalue weighted by Crippen LogP contribution is 2.51. The van der Waals surface area contributed by atoms with Gasteiger partial charge in [-0.1, -0.05) is 13.8 Å². The lowest BCUT2D eigenvalue weighted by molar-refractivity contribution is -0.106. The second-order valence-electron chi connectivity index (χ2n) is 5.45. The topological polar surface area (TPSA) is 68.9 Å². The molecule has 0 radical (unpaired) electrons. The van der Waals surface area contributed by atoms with Crippen LogP contribution in [0, 0.1) is 11.3 Å². The zero-order valence-electron chi connectivity index (χ0n) is 11.3. The lowest BCUT2D eigenvalue weighted by atomic mass is 9.57. The molecule has 5 nitrogen and oxygen atoms in total. The number of aliphatic imine (C=N–C) groups is 1. The molecule has 0 aromatic heterocycles. The molecule has 1 saturated heterocycles. The number of rotatable bonds is 4. The largest absolute Gasteiger partial charge is 0.383 e. The fourth-order valence-corrected chi connectivity index (χ4v) is 3.08. The predicted molar refractivity (Wildman–Crippen MR) is 82.3 cm³/mol. The smallest absolute Gasteiger partial charge is 0.188 e. The van der Waals surface area contributed by atoms with Crippen molar-refractivity contribution < 1.29 is 9.47 Å². The number of nitrogens with zero attached hydrogens (tertiary/aromatic N) is 1. The Morgan fingerprint density at radius 2 is 2.28 bits per heavy atom. The number of halogens is 1. The van der Waals surface area contributed by atoms with E-state index in [-0.39, 0.29) is 29.4 Å². The maximum Gasteiger partial charge on any atom is 0.188 e. The zero-order valence-corrected chi connectivity index (χ0v) is 13.6. The maximum atomic E-state index is 5.87. The van der Waals surface area contributed by atoms with E-state index in [0.29, 0.717) is 37.2 Å². The minimum Gasteiger partial charge on any atom is -0.383 e. The fourth-order valence-electron chi connectivity index (χ4n) is 3.08. The van der Waals surface area contributed by atoms with Crippen molar-refractivity contribution >= 4 is 29.9 Å². The number of hydrogen-bond donors (Lipinski definition) is 2. The van der Waals surface area contributed by atoms with Gasteiger partial charge in [-0.15, -0.1) is 24.0 Å². The van der Waals surface area contributed by atoms with E-state index in [9.17, 15) is 0 Å². The number of nitrogens with one attached hydrogen (secondary N) is 1. The summed E-state index contributed by atoms with van der Waals surface area (Å²) in [6, 6.07) is 0.376. The predicted octanol–water partition coefficient (Wildman–Crippen LogP) is 0.969. The van der Waals surface area contributed by atoms with Crippen LogP contribution in [-0.4, -0.2) is 45.0 Å². The van der Waals surface area contributed by atoms with Crippen LogP contribution in [0.25, 0.3) is 0 Å². The van der Waals surface area contributed by atoms with Crippen LogP contribution in [0.15, 0.2) is 4.99 Å². The Labute approximate surface area is 126 Å². The van der Waals surface area contributed by atoms with Gasteiger partial charge in [0.05, 0.1) is 19.3 Å². The Morgan fingerprint density at radius 3 is 2.94 bits per heavy atom. The zero-order chi connectivity index (χ0) is 12.5. The van der Waals surface area contributed by atoms with Crippen LogP contribution in [0.5, 0.6) is 0 Å². The van der Waals surface area contributed by atoms with Crippen molar-refractivity contribution in [3.8, 4) is 0 Å². The van der Waals surface area contributed by atoms with Crippen LogP contribution in [0.4, 0.5) is 0 Å². The van der Waals surface area contributed by atoms with Crippen LogP contribution < -0.4 is 11.1 Å². The molecule has 2 rings (SSSR count). The minimum atomic E-state index is 0. The van der Waals surface area contributed by atoms with E-state index in [0.717, 1.165) is 13.0 Å². The summed E-state index contributed by atoms with van der Waals surface area (Å²) >= 11 is 0. The van der Waals surface area contributed by atoms with Gasteiger partial charge >= 0.3 is 0 Å². The first-order valence-corrected chi connectivity index (χ1v) is 6.24. The monoisotopic (exact) mass is 369 g/mol. The van der Waals surface area contributed by atoms with Gasteiger partial charge in [-0.2, -0.15) is 0 Å². The normalized spacial score (nSPS) is 33.3. The van der Waals surface area contributed by atoms with Crippen LogP contribution >= 0.6 is 24.0 Å². The number of ether oxygens (including phenoxy) is 2. The first-order chi connectivity index (χ1) is 8.07. The first-order valence-electron chi connectivity index (χ1n) is 6.24. The summed E-state index contributed by atoms with van der Waals surface area (Å²) < 4.78 is 10.7. The molecule has 3 unspecified atom stereocenters. The molecule has 2 aliphatic rings. The number of nitrogens with two attached hydrogens (primary N) is 1. The van der Waals surface area contributed by atoms with Crippen molar-refractivity contribution in [1.82, 2.24) is 5.32 Å². The maximum absolute atomic E-state index is 5.87. The van der Waals surface area contributed by atoms with Crippen LogP contribution in [0.1, 0.15) is 20.3 Å². The van der Waals surface area contributed by atoms with Crippen molar-refractivity contribution in [2.24, 2.45) is 22.1 Å². The standard InChI is InChI=1S/C12H23N3O2.HI/c1-12(2)9(8-4-6-17-10(8)12)15-11(13)14-5-7-16-3;/h8-10H,4-7H2,1-3H3,(H3,13,14,15);1H. The van der Waals surface area contributed by atoms with Crippen molar-refractivity contribution in [3.05, 3.63) is 0 Å². The molecule has 1 aliphatic carbocycles. The van der Waals surface area contributed by atoms with Crippen molar-refractivity contribution in [3.63, 3.8) is 0 Å². The summed E-state index contributed by atoms with van der Waals surface area (Å²) in [4.78, 5) is 4.23. The van der Waals surface area contributed by atoms with E-state index in [1.54, 1.807) is 7.11 Å². The number of hydrogen-bond acceptors (Lipinski definition) is 3. The molecular weight excluding hydrogens is 345 g/mol. The molecule has 2 fully saturated rings. The molecule has 0 aromatic rings. The lowest BCUT2D eigenvalue weighted by Gasteiger charge is -2.54. The Hall–Kier alpha value is -0.0800. The Kier molecular flexibility index (Phi) is 5.67. The molecule has 18 heavy (non-hydrogen) atoms. The second kappa shape index (κ2) is 6.38. The molecule has 0 aromatic carbocycles. The minimum absolute atomic E-state index is 0. The average Bonchev–Trinajstić information content (AvgIpc) is 2.73. The molecule has 6 heteroatoms. The molecule has 1 saturated carbocycles. The molecule has 1 aliphatic heterocycles. The van der Waals surface area contributed by atoms with Crippen molar-refractivity contribution in [1.29, 1.82) is 0 Å². The summed E-state index contributed by atoms with van der Waals surface area (Å²) in [7, 11) is 1.66. The summed E-state index contributed by atoms with van der Waals surface area (Å²) in [6.07, 6.45) is 1.50. The third-order valence-electron chi connectivity index (χ3n) is 3.98. The Balaban J connectivity index is 0.00000162. The molecule has 3 atom stereocenters. The second-order valence-corrected chi connectivity index (χ2v) is 5.45. The van der Waals surface area contributed by atoms with E-state index < -0.39 is 0 Å². The first kappa shape index (κ1) is 16.0. The SMILES string of the molecule is COCCN=C(N)NC1C2CCOC2C1(C)C.I. The molecule has 1 heterocycles. The van der Waals surface area contributed by atoms with Gasteiger partial charge in [-0.25, -0.2) is 0 Å². The summed E-state index contributed by atoms with van der Waals surface area (Å²) in [5.41, 5.74) is 6.01. The summed E-state index contributed by atoms with van der Waals surface area (Å²) in [5.74, 6) is 1.10. The van der Waals surface area contributed by atoms with Gasteiger partial charge in [0, 0.05) is 31.1 Å². The Morgan fingerprint density at radius 1 is 1.56 bits per heavy atom. The van der Waals surface area contributed by atoms with E-state index in [1.165, 1.54) is 0 Å². The van der Waals surface area contributed by atoms with Crippen LogP contribution in [0.3, 0.4) is 0 Å². The van der Waals surface area contributed by atoms with Gasteiger partial charge in [0.1, 0.15) is 0 Å². The van der Waals surface area contributed by atoms with Gasteiger partial charge in [-0.05, 0) is 6.42 Å². The molecule has 0 bridgehead atoms. The third kappa shape index (κ3) is 2.91. The number of fused-ring (bicyclic) bond motifs is 1. The highest BCUT2D eigenvalue weighted by atomic mass is 127. The lowest BCUT2D eigenvalue weighted by Crippen LogP contribution is -2.67. The number of methoxy groups -OCH3 is 1. The molecule has 106 valence electrons. The van der Waals surface area contributed by atoms with Crippen molar-refractivity contribution in [2.45, 2.75) is 32.4 Å². The Bertz CT molecular complexity index is 310. The summed E-state index contributed by atoms with van der Waals surface area (Å²) in [6.45, 7) is 6.52. The van der Waals surface area contributed by atoms with Gasteiger partial charge in [0.2, 0.25) is 0 Å². The molecule has 0 amide bonds. The van der Waals surface area contributed by atoms with E-state index in [2.05, 4.69) is 24.2 Å². The van der Waals surface area contributed by atoms with Gasteiger partial charge in [0.15, 0.2) is 5.96 Å². The van der Waals surface area contributed by atoms with Gasteiger partial charge in [-0.3, -0.25) is 4.99 Å².